The Morgan fingerprint density at radius 2 is 2.26 bits per heavy atom. The number of nitrogens with zero attached hydrogens (tertiary/aromatic N) is 3. The summed E-state index contributed by atoms with van der Waals surface area (Å²) in [5, 5.41) is 9.46. The van der Waals surface area contributed by atoms with Crippen LogP contribution in [0.25, 0.3) is 0 Å². The molecule has 1 heterocycles. The molecule has 1 aliphatic rings. The second-order valence-corrected chi connectivity index (χ2v) is 6.07. The molecule has 3 nitrogen and oxygen atoms in total. The molecule has 1 fully saturated rings. The Labute approximate surface area is 120 Å². The van der Waals surface area contributed by atoms with Crippen LogP contribution in [0.4, 0.5) is 5.69 Å². The zero-order chi connectivity index (χ0) is 13.8. The Balaban J connectivity index is 2.33. The van der Waals surface area contributed by atoms with Crippen LogP contribution in [-0.2, 0) is 0 Å². The Kier molecular flexibility index (Phi) is 4.73. The summed E-state index contributed by atoms with van der Waals surface area (Å²) in [7, 11) is 4.22. The van der Waals surface area contributed by atoms with Crippen molar-refractivity contribution in [3.05, 3.63) is 23.8 Å². The highest BCUT2D eigenvalue weighted by Gasteiger charge is 2.27. The molecule has 2 rings (SSSR count). The summed E-state index contributed by atoms with van der Waals surface area (Å²) in [6, 6.07) is 9.10. The fourth-order valence-electron chi connectivity index (χ4n) is 2.81. The number of benzene rings is 1. The van der Waals surface area contributed by atoms with E-state index < -0.39 is 0 Å². The van der Waals surface area contributed by atoms with Crippen molar-refractivity contribution in [1.29, 1.82) is 5.26 Å². The maximum absolute atomic E-state index is 9.46. The summed E-state index contributed by atoms with van der Waals surface area (Å²) >= 11 is 1.65. The van der Waals surface area contributed by atoms with Gasteiger partial charge in [0, 0.05) is 24.0 Å². The highest BCUT2D eigenvalue weighted by atomic mass is 32.2. The number of thioether (sulfide) groups is 1. The van der Waals surface area contributed by atoms with Gasteiger partial charge in [0.25, 0.3) is 0 Å². The lowest BCUT2D eigenvalue weighted by Gasteiger charge is -2.30. The second kappa shape index (κ2) is 6.31. The van der Waals surface area contributed by atoms with E-state index in [-0.39, 0.29) is 0 Å². The van der Waals surface area contributed by atoms with E-state index in [1.54, 1.807) is 11.8 Å². The molecular weight excluding hydrogens is 254 g/mol. The maximum atomic E-state index is 9.46. The van der Waals surface area contributed by atoms with Crippen LogP contribution in [-0.4, -0.2) is 44.4 Å². The molecular formula is C15H21N3S. The lowest BCUT2D eigenvalue weighted by Crippen LogP contribution is -2.37. The van der Waals surface area contributed by atoms with Crippen LogP contribution < -0.4 is 4.90 Å². The first-order valence-corrected chi connectivity index (χ1v) is 7.88. The lowest BCUT2D eigenvalue weighted by molar-refractivity contribution is 0.372. The molecule has 1 unspecified atom stereocenters. The molecule has 4 heteroatoms. The lowest BCUT2D eigenvalue weighted by atomic mass is 10.1. The zero-order valence-electron chi connectivity index (χ0n) is 11.9. The third-order valence-corrected chi connectivity index (χ3v) is 4.38. The first-order chi connectivity index (χ1) is 9.17. The van der Waals surface area contributed by atoms with Crippen LogP contribution in [0.5, 0.6) is 0 Å². The zero-order valence-corrected chi connectivity index (χ0v) is 12.7. The van der Waals surface area contributed by atoms with Crippen LogP contribution in [0.15, 0.2) is 23.1 Å². The molecule has 0 saturated carbocycles. The van der Waals surface area contributed by atoms with Gasteiger partial charge in [-0.3, -0.25) is 0 Å². The van der Waals surface area contributed by atoms with Crippen molar-refractivity contribution in [2.45, 2.75) is 23.8 Å². The molecule has 0 aliphatic carbocycles. The van der Waals surface area contributed by atoms with E-state index in [0.29, 0.717) is 6.04 Å². The Morgan fingerprint density at radius 1 is 1.47 bits per heavy atom. The smallest absolute Gasteiger partial charge is 0.103 e. The van der Waals surface area contributed by atoms with Gasteiger partial charge in [0.05, 0.1) is 11.3 Å². The molecule has 0 amide bonds. The molecule has 0 bridgehead atoms. The second-order valence-electron chi connectivity index (χ2n) is 5.22. The molecule has 1 aromatic carbocycles. The fraction of sp³-hybridized carbons (Fsp3) is 0.533. The summed E-state index contributed by atoms with van der Waals surface area (Å²) < 4.78 is 0. The van der Waals surface area contributed by atoms with Crippen molar-refractivity contribution in [3.8, 4) is 6.07 Å². The first kappa shape index (κ1) is 14.2. The molecule has 1 atom stereocenters. The van der Waals surface area contributed by atoms with Crippen molar-refractivity contribution < 1.29 is 0 Å². The minimum atomic E-state index is 0.527. The average molecular weight is 275 g/mol. The van der Waals surface area contributed by atoms with Crippen LogP contribution in [0, 0.1) is 11.3 Å². The standard InChI is InChI=1S/C15H21N3S/c1-17(2)11-12-6-5-9-18(12)14-7-4-8-15(19-3)13(14)10-16/h4,7-8,12H,5-6,9,11H2,1-3H3. The van der Waals surface area contributed by atoms with E-state index in [0.717, 1.165) is 29.2 Å². The van der Waals surface area contributed by atoms with E-state index in [2.05, 4.69) is 42.1 Å². The normalized spacial score (nSPS) is 18.9. The quantitative estimate of drug-likeness (QED) is 0.791. The topological polar surface area (TPSA) is 30.3 Å². The van der Waals surface area contributed by atoms with Crippen LogP contribution in [0.2, 0.25) is 0 Å². The van der Waals surface area contributed by atoms with Crippen molar-refractivity contribution in [1.82, 2.24) is 4.90 Å². The average Bonchev–Trinajstić information content (AvgIpc) is 2.84. The Hall–Kier alpha value is -1.18. The van der Waals surface area contributed by atoms with Gasteiger partial charge in [0.2, 0.25) is 0 Å². The first-order valence-electron chi connectivity index (χ1n) is 6.66. The van der Waals surface area contributed by atoms with Crippen molar-refractivity contribution in [2.24, 2.45) is 0 Å². The number of hydrogen-bond acceptors (Lipinski definition) is 4. The molecule has 0 radical (unpaired) electrons. The summed E-state index contributed by atoms with van der Waals surface area (Å²) in [6.07, 6.45) is 4.46. The largest absolute Gasteiger partial charge is 0.366 e. The van der Waals surface area contributed by atoms with E-state index in [1.807, 2.05) is 12.3 Å². The van der Waals surface area contributed by atoms with Gasteiger partial charge in [0.15, 0.2) is 0 Å². The highest BCUT2D eigenvalue weighted by molar-refractivity contribution is 7.98. The van der Waals surface area contributed by atoms with Crippen molar-refractivity contribution >= 4 is 17.4 Å². The van der Waals surface area contributed by atoms with Gasteiger partial charge in [-0.1, -0.05) is 6.07 Å². The SMILES string of the molecule is CSc1cccc(N2CCCC2CN(C)C)c1C#N. The third kappa shape index (κ3) is 3.05. The van der Waals surface area contributed by atoms with Gasteiger partial charge in [0.1, 0.15) is 6.07 Å². The third-order valence-electron chi connectivity index (χ3n) is 3.60. The molecule has 19 heavy (non-hydrogen) atoms. The van der Waals surface area contributed by atoms with E-state index >= 15 is 0 Å². The number of likely N-dealkylation sites (N-methyl/N-ethyl adjacent to an activating group) is 1. The summed E-state index contributed by atoms with van der Waals surface area (Å²) in [5.74, 6) is 0. The summed E-state index contributed by atoms with van der Waals surface area (Å²) in [5.41, 5.74) is 1.94. The van der Waals surface area contributed by atoms with E-state index in [4.69, 9.17) is 0 Å². The van der Waals surface area contributed by atoms with Gasteiger partial charge < -0.3 is 9.80 Å². The van der Waals surface area contributed by atoms with Crippen LogP contribution in [0.1, 0.15) is 18.4 Å². The highest BCUT2D eigenvalue weighted by Crippen LogP contribution is 2.33. The Bertz CT molecular complexity index is 479. The predicted octanol–water partition coefficient (Wildman–Crippen LogP) is 2.81. The number of anilines is 1. The predicted molar refractivity (Wildman–Crippen MR) is 81.9 cm³/mol. The summed E-state index contributed by atoms with van der Waals surface area (Å²) in [4.78, 5) is 5.72. The number of nitriles is 1. The summed E-state index contributed by atoms with van der Waals surface area (Å²) in [6.45, 7) is 2.11. The van der Waals surface area contributed by atoms with Gasteiger partial charge in [-0.2, -0.15) is 5.26 Å². The fourth-order valence-corrected chi connectivity index (χ4v) is 3.37. The molecule has 1 aliphatic heterocycles. The van der Waals surface area contributed by atoms with Crippen LogP contribution in [0.3, 0.4) is 0 Å². The number of rotatable bonds is 4. The maximum Gasteiger partial charge on any atom is 0.103 e. The molecule has 1 saturated heterocycles. The van der Waals surface area contributed by atoms with Gasteiger partial charge in [-0.25, -0.2) is 0 Å². The monoisotopic (exact) mass is 275 g/mol. The van der Waals surface area contributed by atoms with Gasteiger partial charge in [-0.05, 0) is 45.3 Å². The van der Waals surface area contributed by atoms with E-state index in [1.165, 1.54) is 12.8 Å². The van der Waals surface area contributed by atoms with Gasteiger partial charge in [-0.15, -0.1) is 11.8 Å². The molecule has 102 valence electrons. The van der Waals surface area contributed by atoms with Gasteiger partial charge >= 0.3 is 0 Å². The molecule has 0 spiro atoms. The van der Waals surface area contributed by atoms with Crippen molar-refractivity contribution in [3.63, 3.8) is 0 Å². The molecule has 0 N–H and O–H groups in total. The van der Waals surface area contributed by atoms with E-state index in [9.17, 15) is 5.26 Å². The minimum Gasteiger partial charge on any atom is -0.366 e. The Morgan fingerprint density at radius 3 is 2.89 bits per heavy atom. The van der Waals surface area contributed by atoms with Crippen LogP contribution >= 0.6 is 11.8 Å². The molecule has 0 aromatic heterocycles. The van der Waals surface area contributed by atoms with Crippen molar-refractivity contribution in [2.75, 3.05) is 38.3 Å². The molecule has 1 aromatic rings. The number of hydrogen-bond donors (Lipinski definition) is 0. The minimum absolute atomic E-state index is 0.527.